The van der Waals surface area contributed by atoms with Gasteiger partial charge in [0, 0.05) is 32.0 Å². The van der Waals surface area contributed by atoms with Crippen molar-refractivity contribution in [2.45, 2.75) is 58.9 Å². The minimum atomic E-state index is 0.849. The van der Waals surface area contributed by atoms with Crippen molar-refractivity contribution in [2.75, 3.05) is 13.1 Å². The molecule has 0 radical (unpaired) electrons. The highest BCUT2D eigenvalue weighted by atomic mass is 32.1. The molecule has 0 aromatic carbocycles. The summed E-state index contributed by atoms with van der Waals surface area (Å²) in [6.07, 6.45) is 11.5. The summed E-state index contributed by atoms with van der Waals surface area (Å²) in [5, 5.41) is 4.25. The number of thiocarbonyl (C=S) groups is 1. The van der Waals surface area contributed by atoms with Crippen LogP contribution in [0.1, 0.15) is 57.9 Å². The number of hydrogen-bond donors (Lipinski definition) is 1. The van der Waals surface area contributed by atoms with Crippen LogP contribution in [0.2, 0.25) is 0 Å². The van der Waals surface area contributed by atoms with E-state index in [9.17, 15) is 0 Å². The van der Waals surface area contributed by atoms with Crippen LogP contribution in [0.3, 0.4) is 0 Å². The van der Waals surface area contributed by atoms with Crippen LogP contribution in [0, 0.1) is 0 Å². The molecule has 1 N–H and O–H groups in total. The molecule has 0 unspecified atom stereocenters. The Balaban J connectivity index is 2.19. The fraction of sp³-hybridized carbons (Fsp3) is 0.647. The lowest BCUT2D eigenvalue weighted by Crippen LogP contribution is -2.39. The number of nitrogens with one attached hydrogen (secondary N) is 1. The van der Waals surface area contributed by atoms with Crippen molar-refractivity contribution >= 4 is 17.3 Å². The molecule has 0 fully saturated rings. The van der Waals surface area contributed by atoms with E-state index < -0.39 is 0 Å². The molecule has 3 nitrogen and oxygen atoms in total. The van der Waals surface area contributed by atoms with Crippen molar-refractivity contribution < 1.29 is 0 Å². The Labute approximate surface area is 135 Å². The van der Waals surface area contributed by atoms with Crippen molar-refractivity contribution in [1.29, 1.82) is 0 Å². The molecule has 0 bridgehead atoms. The van der Waals surface area contributed by atoms with Crippen molar-refractivity contribution in [3.05, 3.63) is 30.1 Å². The van der Waals surface area contributed by atoms with Crippen molar-refractivity contribution in [1.82, 2.24) is 15.2 Å². The summed E-state index contributed by atoms with van der Waals surface area (Å²) in [7, 11) is 0. The third-order valence-corrected chi connectivity index (χ3v) is 4.00. The fourth-order valence-electron chi connectivity index (χ4n) is 2.25. The maximum absolute atomic E-state index is 5.49. The van der Waals surface area contributed by atoms with E-state index in [1.807, 2.05) is 24.5 Å². The quantitative estimate of drug-likeness (QED) is 0.519. The molecule has 0 spiro atoms. The number of aromatic nitrogens is 1. The molecule has 0 amide bonds. The molecule has 0 aliphatic carbocycles. The second kappa shape index (κ2) is 11.5. The summed E-state index contributed by atoms with van der Waals surface area (Å²) in [5.74, 6) is 0. The minimum Gasteiger partial charge on any atom is -0.363 e. The Hall–Kier alpha value is -1.16. The van der Waals surface area contributed by atoms with Gasteiger partial charge in [-0.05, 0) is 43.3 Å². The van der Waals surface area contributed by atoms with Gasteiger partial charge in [-0.1, -0.05) is 39.0 Å². The molecule has 0 atom stereocenters. The Kier molecular flexibility index (Phi) is 9.79. The van der Waals surface area contributed by atoms with Gasteiger partial charge >= 0.3 is 0 Å². The molecule has 0 saturated carbocycles. The van der Waals surface area contributed by atoms with Crippen LogP contribution >= 0.6 is 12.2 Å². The van der Waals surface area contributed by atoms with E-state index in [0.29, 0.717) is 0 Å². The van der Waals surface area contributed by atoms with Gasteiger partial charge in [0.25, 0.3) is 0 Å². The molecule has 21 heavy (non-hydrogen) atoms. The van der Waals surface area contributed by atoms with Gasteiger partial charge in [-0.2, -0.15) is 0 Å². The highest BCUT2D eigenvalue weighted by Crippen LogP contribution is 2.05. The summed E-state index contributed by atoms with van der Waals surface area (Å²) in [5.41, 5.74) is 1.25. The first-order valence-corrected chi connectivity index (χ1v) is 8.60. The number of pyridine rings is 1. The Morgan fingerprint density at radius 1 is 1.10 bits per heavy atom. The molecule has 1 aromatic heterocycles. The van der Waals surface area contributed by atoms with Crippen LogP contribution in [0.25, 0.3) is 0 Å². The predicted octanol–water partition coefficient (Wildman–Crippen LogP) is 4.14. The summed E-state index contributed by atoms with van der Waals surface area (Å²) in [6, 6.07) is 4.08. The van der Waals surface area contributed by atoms with Gasteiger partial charge in [0.1, 0.15) is 0 Å². The van der Waals surface area contributed by atoms with Crippen molar-refractivity contribution in [3.8, 4) is 0 Å². The molecule has 4 heteroatoms. The molecule has 118 valence electrons. The summed E-state index contributed by atoms with van der Waals surface area (Å²) in [6.45, 7) is 7.14. The molecular weight excluding hydrogens is 278 g/mol. The molecule has 0 aliphatic heterocycles. The highest BCUT2D eigenvalue weighted by molar-refractivity contribution is 7.80. The Morgan fingerprint density at radius 3 is 2.43 bits per heavy atom. The number of unbranched alkanes of at least 4 members (excludes halogenated alkanes) is 5. The van der Waals surface area contributed by atoms with Crippen LogP contribution in [0.4, 0.5) is 0 Å². The molecule has 1 aromatic rings. The zero-order chi connectivity index (χ0) is 15.3. The zero-order valence-electron chi connectivity index (χ0n) is 13.5. The summed E-state index contributed by atoms with van der Waals surface area (Å²) < 4.78 is 0. The van der Waals surface area contributed by atoms with Crippen LogP contribution in [-0.4, -0.2) is 28.1 Å². The first kappa shape index (κ1) is 17.9. The van der Waals surface area contributed by atoms with Gasteiger partial charge in [0.15, 0.2) is 5.11 Å². The molecule has 1 heterocycles. The van der Waals surface area contributed by atoms with Crippen LogP contribution < -0.4 is 5.32 Å². The molecule has 0 aliphatic rings. The lowest BCUT2D eigenvalue weighted by molar-refractivity contribution is 0.425. The van der Waals surface area contributed by atoms with Gasteiger partial charge in [-0.25, -0.2) is 0 Å². The van der Waals surface area contributed by atoms with E-state index in [2.05, 4.69) is 29.0 Å². The second-order valence-corrected chi connectivity index (χ2v) is 5.76. The third kappa shape index (κ3) is 8.00. The van der Waals surface area contributed by atoms with Gasteiger partial charge in [-0.15, -0.1) is 0 Å². The Morgan fingerprint density at radius 2 is 1.76 bits per heavy atom. The SMILES string of the molecule is CCCCCCCCNC(=S)N(CC)Cc1ccncc1. The maximum atomic E-state index is 5.49. The molecule has 0 saturated heterocycles. The highest BCUT2D eigenvalue weighted by Gasteiger charge is 2.07. The van der Waals surface area contributed by atoms with Crippen molar-refractivity contribution in [3.63, 3.8) is 0 Å². The van der Waals surface area contributed by atoms with E-state index in [1.165, 1.54) is 44.1 Å². The zero-order valence-corrected chi connectivity index (χ0v) is 14.3. The van der Waals surface area contributed by atoms with E-state index in [1.54, 1.807) is 0 Å². The average molecular weight is 308 g/mol. The standard InChI is InChI=1S/C17H29N3S/c1-3-5-6-7-8-9-12-19-17(21)20(4-2)15-16-10-13-18-14-11-16/h10-11,13-14H,3-9,12,15H2,1-2H3,(H,19,21). The van der Waals surface area contributed by atoms with E-state index in [-0.39, 0.29) is 0 Å². The lowest BCUT2D eigenvalue weighted by atomic mass is 10.1. The smallest absolute Gasteiger partial charge is 0.169 e. The first-order chi connectivity index (χ1) is 10.3. The topological polar surface area (TPSA) is 28.2 Å². The number of nitrogens with zero attached hydrogens (tertiary/aromatic N) is 2. The number of rotatable bonds is 10. The van der Waals surface area contributed by atoms with E-state index >= 15 is 0 Å². The summed E-state index contributed by atoms with van der Waals surface area (Å²) >= 11 is 5.49. The Bertz CT molecular complexity index is 381. The summed E-state index contributed by atoms with van der Waals surface area (Å²) in [4.78, 5) is 6.24. The largest absolute Gasteiger partial charge is 0.363 e. The van der Waals surface area contributed by atoms with Gasteiger partial charge in [0.2, 0.25) is 0 Å². The predicted molar refractivity (Wildman–Crippen MR) is 94.3 cm³/mol. The van der Waals surface area contributed by atoms with Gasteiger partial charge in [0.05, 0.1) is 0 Å². The normalized spacial score (nSPS) is 10.4. The third-order valence-electron chi connectivity index (χ3n) is 3.60. The van der Waals surface area contributed by atoms with Crippen LogP contribution in [0.15, 0.2) is 24.5 Å². The van der Waals surface area contributed by atoms with Crippen LogP contribution in [0.5, 0.6) is 0 Å². The lowest BCUT2D eigenvalue weighted by Gasteiger charge is -2.24. The fourth-order valence-corrected chi connectivity index (χ4v) is 2.54. The van der Waals surface area contributed by atoms with Gasteiger partial charge < -0.3 is 10.2 Å². The number of hydrogen-bond acceptors (Lipinski definition) is 2. The van der Waals surface area contributed by atoms with Crippen molar-refractivity contribution in [2.24, 2.45) is 0 Å². The molecular formula is C17H29N3S. The minimum absolute atomic E-state index is 0.849. The van der Waals surface area contributed by atoms with E-state index in [0.717, 1.165) is 24.7 Å². The molecule has 1 rings (SSSR count). The van der Waals surface area contributed by atoms with Crippen LogP contribution in [-0.2, 0) is 6.54 Å². The van der Waals surface area contributed by atoms with E-state index in [4.69, 9.17) is 12.2 Å². The monoisotopic (exact) mass is 307 g/mol. The van der Waals surface area contributed by atoms with Gasteiger partial charge in [-0.3, -0.25) is 4.98 Å². The first-order valence-electron chi connectivity index (χ1n) is 8.19. The average Bonchev–Trinajstić information content (AvgIpc) is 2.52. The maximum Gasteiger partial charge on any atom is 0.169 e. The second-order valence-electron chi connectivity index (χ2n) is 5.37.